The monoisotopic (exact) mass is 380 g/mol. The highest BCUT2D eigenvalue weighted by molar-refractivity contribution is 6.02. The summed E-state index contributed by atoms with van der Waals surface area (Å²) in [7, 11) is 3.37. The van der Waals surface area contributed by atoms with Crippen molar-refractivity contribution in [3.63, 3.8) is 0 Å². The topological polar surface area (TPSA) is 64.7 Å². The summed E-state index contributed by atoms with van der Waals surface area (Å²) in [5.41, 5.74) is 3.16. The number of carbonyl (C=O) groups is 2. The summed E-state index contributed by atoms with van der Waals surface area (Å²) in [5.74, 6) is -0.140. The number of carbonyl (C=O) groups excluding carboxylic acids is 2. The molecule has 2 aromatic carbocycles. The molecule has 1 aliphatic rings. The molecule has 1 aliphatic heterocycles. The number of hydrogen-bond acceptors (Lipinski definition) is 3. The molecule has 0 aromatic heterocycles. The van der Waals surface area contributed by atoms with Crippen LogP contribution in [0.4, 0.5) is 16.2 Å². The smallest absolute Gasteiger partial charge is 0.321 e. The Labute approximate surface area is 166 Å². The molecule has 6 nitrogen and oxygen atoms in total. The summed E-state index contributed by atoms with van der Waals surface area (Å²) >= 11 is 0. The van der Waals surface area contributed by atoms with Gasteiger partial charge in [-0.3, -0.25) is 4.79 Å². The third-order valence-electron chi connectivity index (χ3n) is 4.99. The standard InChI is InChI=1S/C22H28N4O2/c1-16(17-9-5-4-6-10-17)23-21(27)19-15-18(24-22(28)25(2)3)11-12-20(19)26-13-7-8-14-26/h4-6,9-12,15-16H,7-8,13-14H2,1-3H3,(H,23,27)(H,24,28)/t16-/m0/s1. The van der Waals surface area contributed by atoms with E-state index in [2.05, 4.69) is 15.5 Å². The maximum absolute atomic E-state index is 13.1. The molecule has 6 heteroatoms. The normalized spacial score (nSPS) is 14.5. The number of amides is 3. The van der Waals surface area contributed by atoms with Gasteiger partial charge < -0.3 is 20.4 Å². The van der Waals surface area contributed by atoms with E-state index in [0.29, 0.717) is 11.3 Å². The molecule has 2 aromatic rings. The summed E-state index contributed by atoms with van der Waals surface area (Å²) in [6, 6.07) is 15.1. The van der Waals surface area contributed by atoms with Gasteiger partial charge in [0.2, 0.25) is 0 Å². The second-order valence-electron chi connectivity index (χ2n) is 7.36. The molecule has 1 atom stereocenters. The molecule has 3 amide bonds. The highest BCUT2D eigenvalue weighted by atomic mass is 16.2. The molecule has 2 N–H and O–H groups in total. The van der Waals surface area contributed by atoms with Gasteiger partial charge in [0, 0.05) is 38.6 Å². The number of benzene rings is 2. The molecule has 1 saturated heterocycles. The van der Waals surface area contributed by atoms with Crippen LogP contribution in [0.2, 0.25) is 0 Å². The van der Waals surface area contributed by atoms with Crippen molar-refractivity contribution in [2.45, 2.75) is 25.8 Å². The van der Waals surface area contributed by atoms with Gasteiger partial charge in [0.25, 0.3) is 5.91 Å². The van der Waals surface area contributed by atoms with E-state index in [4.69, 9.17) is 0 Å². The third kappa shape index (κ3) is 4.63. The zero-order valence-electron chi connectivity index (χ0n) is 16.7. The van der Waals surface area contributed by atoms with E-state index >= 15 is 0 Å². The lowest BCUT2D eigenvalue weighted by Crippen LogP contribution is -2.30. The molecular formula is C22H28N4O2. The van der Waals surface area contributed by atoms with Crippen LogP contribution in [0.1, 0.15) is 41.7 Å². The molecule has 1 heterocycles. The predicted octanol–water partition coefficient (Wildman–Crippen LogP) is 3.87. The van der Waals surface area contributed by atoms with Crippen LogP contribution in [0.3, 0.4) is 0 Å². The van der Waals surface area contributed by atoms with E-state index in [0.717, 1.165) is 37.2 Å². The minimum atomic E-state index is -0.224. The molecule has 0 unspecified atom stereocenters. The van der Waals surface area contributed by atoms with Crippen LogP contribution in [-0.2, 0) is 0 Å². The van der Waals surface area contributed by atoms with Crippen LogP contribution in [0.5, 0.6) is 0 Å². The molecule has 0 bridgehead atoms. The van der Waals surface area contributed by atoms with Gasteiger partial charge in [-0.05, 0) is 43.5 Å². The Morgan fingerprint density at radius 1 is 1.04 bits per heavy atom. The van der Waals surface area contributed by atoms with Gasteiger partial charge in [-0.2, -0.15) is 0 Å². The fraction of sp³-hybridized carbons (Fsp3) is 0.364. The van der Waals surface area contributed by atoms with E-state index in [1.165, 1.54) is 4.90 Å². The van der Waals surface area contributed by atoms with E-state index in [9.17, 15) is 9.59 Å². The van der Waals surface area contributed by atoms with Crippen LogP contribution in [-0.4, -0.2) is 44.0 Å². The first-order valence-electron chi connectivity index (χ1n) is 9.69. The van der Waals surface area contributed by atoms with E-state index in [1.54, 1.807) is 20.2 Å². The average Bonchev–Trinajstić information content (AvgIpc) is 3.23. The molecule has 28 heavy (non-hydrogen) atoms. The van der Waals surface area contributed by atoms with Gasteiger partial charge >= 0.3 is 6.03 Å². The lowest BCUT2D eigenvalue weighted by molar-refractivity contribution is 0.0940. The van der Waals surface area contributed by atoms with Gasteiger partial charge in [0.1, 0.15) is 0 Å². The Morgan fingerprint density at radius 2 is 1.71 bits per heavy atom. The van der Waals surface area contributed by atoms with Crippen LogP contribution in [0.25, 0.3) is 0 Å². The summed E-state index contributed by atoms with van der Waals surface area (Å²) in [5, 5.41) is 5.92. The molecule has 0 radical (unpaired) electrons. The Balaban J connectivity index is 1.86. The molecule has 3 rings (SSSR count). The Morgan fingerprint density at radius 3 is 2.36 bits per heavy atom. The quantitative estimate of drug-likeness (QED) is 0.828. The maximum atomic E-state index is 13.1. The predicted molar refractivity (Wildman–Crippen MR) is 113 cm³/mol. The zero-order valence-corrected chi connectivity index (χ0v) is 16.7. The molecule has 1 fully saturated rings. The number of anilines is 2. The zero-order chi connectivity index (χ0) is 20.1. The summed E-state index contributed by atoms with van der Waals surface area (Å²) in [6.45, 7) is 3.86. The van der Waals surface area contributed by atoms with Crippen LogP contribution < -0.4 is 15.5 Å². The van der Waals surface area contributed by atoms with Crippen molar-refractivity contribution in [3.05, 3.63) is 59.7 Å². The fourth-order valence-electron chi connectivity index (χ4n) is 3.36. The van der Waals surface area contributed by atoms with Crippen molar-refractivity contribution in [2.24, 2.45) is 0 Å². The summed E-state index contributed by atoms with van der Waals surface area (Å²) < 4.78 is 0. The van der Waals surface area contributed by atoms with Gasteiger partial charge in [-0.25, -0.2) is 4.79 Å². The first-order valence-corrected chi connectivity index (χ1v) is 9.69. The summed E-state index contributed by atoms with van der Waals surface area (Å²) in [6.07, 6.45) is 2.25. The molecule has 0 spiro atoms. The van der Waals surface area contributed by atoms with Crippen molar-refractivity contribution in [1.82, 2.24) is 10.2 Å². The summed E-state index contributed by atoms with van der Waals surface area (Å²) in [4.78, 5) is 28.8. The van der Waals surface area contributed by atoms with Gasteiger partial charge in [-0.15, -0.1) is 0 Å². The van der Waals surface area contributed by atoms with Gasteiger partial charge in [0.05, 0.1) is 11.6 Å². The lowest BCUT2D eigenvalue weighted by Gasteiger charge is -2.23. The van der Waals surface area contributed by atoms with Crippen LogP contribution in [0.15, 0.2) is 48.5 Å². The third-order valence-corrected chi connectivity index (χ3v) is 4.99. The number of hydrogen-bond donors (Lipinski definition) is 2. The Kier molecular flexibility index (Phi) is 6.19. The number of rotatable bonds is 5. The number of nitrogens with zero attached hydrogens (tertiary/aromatic N) is 2. The van der Waals surface area contributed by atoms with Crippen molar-refractivity contribution in [2.75, 3.05) is 37.4 Å². The first-order chi connectivity index (χ1) is 13.5. The van der Waals surface area contributed by atoms with Crippen LogP contribution >= 0.6 is 0 Å². The van der Waals surface area contributed by atoms with Crippen molar-refractivity contribution in [3.8, 4) is 0 Å². The minimum Gasteiger partial charge on any atom is -0.371 e. The van der Waals surface area contributed by atoms with Crippen molar-refractivity contribution < 1.29 is 9.59 Å². The van der Waals surface area contributed by atoms with E-state index in [1.807, 2.05) is 49.4 Å². The minimum absolute atomic E-state index is 0.111. The molecule has 0 aliphatic carbocycles. The van der Waals surface area contributed by atoms with Crippen molar-refractivity contribution >= 4 is 23.3 Å². The second-order valence-corrected chi connectivity index (χ2v) is 7.36. The lowest BCUT2D eigenvalue weighted by atomic mass is 10.1. The maximum Gasteiger partial charge on any atom is 0.321 e. The SMILES string of the molecule is C[C@H](NC(=O)c1cc(NC(=O)N(C)C)ccc1N1CCCC1)c1ccccc1. The van der Waals surface area contributed by atoms with Gasteiger partial charge in [-0.1, -0.05) is 30.3 Å². The first kappa shape index (κ1) is 19.7. The van der Waals surface area contributed by atoms with Gasteiger partial charge in [0.15, 0.2) is 0 Å². The average molecular weight is 380 g/mol. The number of urea groups is 1. The van der Waals surface area contributed by atoms with Crippen LogP contribution in [0, 0.1) is 0 Å². The van der Waals surface area contributed by atoms with E-state index in [-0.39, 0.29) is 18.0 Å². The van der Waals surface area contributed by atoms with Crippen molar-refractivity contribution in [1.29, 1.82) is 0 Å². The molecule has 0 saturated carbocycles. The second kappa shape index (κ2) is 8.78. The Hall–Kier alpha value is -3.02. The fourth-order valence-corrected chi connectivity index (χ4v) is 3.36. The molecule has 148 valence electrons. The largest absolute Gasteiger partial charge is 0.371 e. The van der Waals surface area contributed by atoms with E-state index < -0.39 is 0 Å². The highest BCUT2D eigenvalue weighted by Crippen LogP contribution is 2.28. The Bertz CT molecular complexity index is 830. The molecular weight excluding hydrogens is 352 g/mol. The number of nitrogens with one attached hydrogen (secondary N) is 2. The highest BCUT2D eigenvalue weighted by Gasteiger charge is 2.22.